The lowest BCUT2D eigenvalue weighted by Crippen LogP contribution is -2.16. The number of carbonyl (C=O) groups is 2. The monoisotopic (exact) mass is 431 g/mol. The number of halogens is 4. The van der Waals surface area contributed by atoms with Gasteiger partial charge in [-0.25, -0.2) is 0 Å². The van der Waals surface area contributed by atoms with Crippen LogP contribution in [0.1, 0.15) is 15.9 Å². The average molecular weight is 432 g/mol. The van der Waals surface area contributed by atoms with Crippen LogP contribution in [0.15, 0.2) is 53.0 Å². The largest absolute Gasteiger partial charge is 0.417 e. The van der Waals surface area contributed by atoms with E-state index in [1.165, 1.54) is 12.1 Å². The summed E-state index contributed by atoms with van der Waals surface area (Å²) in [5, 5.41) is 2.40. The lowest BCUT2D eigenvalue weighted by molar-refractivity contribution is -0.138. The zero-order chi connectivity index (χ0) is 18.4. The van der Waals surface area contributed by atoms with Crippen molar-refractivity contribution in [1.29, 1.82) is 0 Å². The number of hydrogen-bond donors (Lipinski definition) is 1. The van der Waals surface area contributed by atoms with Crippen LogP contribution in [0.4, 0.5) is 18.9 Å². The number of amides is 1. The highest BCUT2D eigenvalue weighted by Gasteiger charge is 2.33. The Kier molecular flexibility index (Phi) is 6.66. The number of hydrogen-bond acceptors (Lipinski definition) is 3. The highest BCUT2D eigenvalue weighted by atomic mass is 79.9. The van der Waals surface area contributed by atoms with Crippen molar-refractivity contribution in [3.05, 3.63) is 64.1 Å². The van der Waals surface area contributed by atoms with Crippen molar-refractivity contribution in [3.8, 4) is 0 Å². The zero-order valence-electron chi connectivity index (χ0n) is 12.8. The number of nitrogens with one attached hydrogen (secondary N) is 1. The quantitative estimate of drug-likeness (QED) is 0.652. The first-order valence-electron chi connectivity index (χ1n) is 7.10. The van der Waals surface area contributed by atoms with E-state index in [1.54, 1.807) is 30.3 Å². The molecule has 1 amide bonds. The van der Waals surface area contributed by atoms with E-state index in [2.05, 4.69) is 21.2 Å². The van der Waals surface area contributed by atoms with E-state index in [1.807, 2.05) is 0 Å². The van der Waals surface area contributed by atoms with Crippen molar-refractivity contribution < 1.29 is 22.8 Å². The molecule has 0 spiro atoms. The van der Waals surface area contributed by atoms with Crippen LogP contribution in [0, 0.1) is 0 Å². The third-order valence-corrected chi connectivity index (χ3v) is 4.74. The SMILES string of the molecule is O=C(CSCC(=O)c1ccccc1)Nc1ccc(Br)c(C(F)(F)F)c1. The second kappa shape index (κ2) is 8.53. The predicted octanol–water partition coefficient (Wildman–Crippen LogP) is 5.02. The van der Waals surface area contributed by atoms with Crippen molar-refractivity contribution in [1.82, 2.24) is 0 Å². The minimum Gasteiger partial charge on any atom is -0.325 e. The van der Waals surface area contributed by atoms with E-state index in [0.717, 1.165) is 17.8 Å². The molecule has 132 valence electrons. The maximum atomic E-state index is 12.8. The Labute approximate surface area is 155 Å². The zero-order valence-corrected chi connectivity index (χ0v) is 15.2. The van der Waals surface area contributed by atoms with Crippen LogP contribution in [-0.4, -0.2) is 23.2 Å². The maximum absolute atomic E-state index is 12.8. The van der Waals surface area contributed by atoms with Crippen molar-refractivity contribution >= 4 is 45.1 Å². The Balaban J connectivity index is 1.88. The van der Waals surface area contributed by atoms with Gasteiger partial charge in [-0.3, -0.25) is 9.59 Å². The summed E-state index contributed by atoms with van der Waals surface area (Å²) < 4.78 is 38.4. The van der Waals surface area contributed by atoms with Crippen molar-refractivity contribution in [2.75, 3.05) is 16.8 Å². The van der Waals surface area contributed by atoms with Gasteiger partial charge in [-0.2, -0.15) is 13.2 Å². The van der Waals surface area contributed by atoms with Crippen LogP contribution >= 0.6 is 27.7 Å². The average Bonchev–Trinajstić information content (AvgIpc) is 2.56. The Morgan fingerprint density at radius 3 is 2.36 bits per heavy atom. The molecule has 0 radical (unpaired) electrons. The van der Waals surface area contributed by atoms with Gasteiger partial charge >= 0.3 is 6.18 Å². The summed E-state index contributed by atoms with van der Waals surface area (Å²) in [6, 6.07) is 12.1. The molecule has 0 heterocycles. The summed E-state index contributed by atoms with van der Waals surface area (Å²) >= 11 is 3.94. The van der Waals surface area contributed by atoms with E-state index >= 15 is 0 Å². The minimum atomic E-state index is -4.52. The Morgan fingerprint density at radius 2 is 1.72 bits per heavy atom. The van der Waals surface area contributed by atoms with Gasteiger partial charge in [-0.1, -0.05) is 46.3 Å². The number of Topliss-reactive ketones (excluding diaryl/α,β-unsaturated/α-hetero) is 1. The van der Waals surface area contributed by atoms with E-state index < -0.39 is 17.6 Å². The Hall–Kier alpha value is -1.80. The third-order valence-electron chi connectivity index (χ3n) is 3.12. The number of rotatable bonds is 6. The molecule has 0 unspecified atom stereocenters. The molecule has 0 saturated heterocycles. The Bertz CT molecular complexity index is 766. The molecule has 0 fully saturated rings. The molecule has 0 atom stereocenters. The number of ketones is 1. The standard InChI is InChI=1S/C17H13BrF3NO2S/c18-14-7-6-12(8-13(14)17(19,20)21)22-16(24)10-25-9-15(23)11-4-2-1-3-5-11/h1-8H,9-10H2,(H,22,24). The smallest absolute Gasteiger partial charge is 0.325 e. The first kappa shape index (κ1) is 19.5. The predicted molar refractivity (Wildman–Crippen MR) is 95.9 cm³/mol. The lowest BCUT2D eigenvalue weighted by Gasteiger charge is -2.12. The number of benzene rings is 2. The number of thioether (sulfide) groups is 1. The molecule has 0 saturated carbocycles. The third kappa shape index (κ3) is 5.89. The van der Waals surface area contributed by atoms with Crippen LogP contribution in [-0.2, 0) is 11.0 Å². The first-order valence-corrected chi connectivity index (χ1v) is 9.05. The molecule has 0 aromatic heterocycles. The molecule has 0 aliphatic heterocycles. The fourth-order valence-corrected chi connectivity index (χ4v) is 3.14. The van der Waals surface area contributed by atoms with Gasteiger partial charge in [-0.15, -0.1) is 11.8 Å². The fraction of sp³-hybridized carbons (Fsp3) is 0.176. The van der Waals surface area contributed by atoms with Crippen molar-refractivity contribution in [2.24, 2.45) is 0 Å². The van der Waals surface area contributed by atoms with E-state index in [4.69, 9.17) is 0 Å². The number of anilines is 1. The van der Waals surface area contributed by atoms with Crippen LogP contribution in [0.5, 0.6) is 0 Å². The molecule has 3 nitrogen and oxygen atoms in total. The van der Waals surface area contributed by atoms with Crippen LogP contribution in [0.3, 0.4) is 0 Å². The van der Waals surface area contributed by atoms with Gasteiger partial charge in [0.1, 0.15) is 0 Å². The molecular weight excluding hydrogens is 419 g/mol. The lowest BCUT2D eigenvalue weighted by atomic mass is 10.2. The summed E-state index contributed by atoms with van der Waals surface area (Å²) in [4.78, 5) is 23.7. The van der Waals surface area contributed by atoms with E-state index in [-0.39, 0.29) is 27.4 Å². The van der Waals surface area contributed by atoms with Gasteiger partial charge in [0.25, 0.3) is 0 Å². The molecule has 1 N–H and O–H groups in total. The Morgan fingerprint density at radius 1 is 1.04 bits per heavy atom. The van der Waals surface area contributed by atoms with Crippen LogP contribution in [0.2, 0.25) is 0 Å². The molecule has 0 aliphatic carbocycles. The summed E-state index contributed by atoms with van der Waals surface area (Å²) in [6.45, 7) is 0. The molecule has 0 aliphatic rings. The van der Waals surface area contributed by atoms with Gasteiger partial charge in [-0.05, 0) is 18.2 Å². The number of alkyl halides is 3. The fourth-order valence-electron chi connectivity index (χ4n) is 1.96. The van der Waals surface area contributed by atoms with Gasteiger partial charge in [0.05, 0.1) is 17.1 Å². The summed E-state index contributed by atoms with van der Waals surface area (Å²) in [5.74, 6) is -0.496. The normalized spacial score (nSPS) is 11.2. The molecule has 2 aromatic carbocycles. The van der Waals surface area contributed by atoms with Crippen LogP contribution in [0.25, 0.3) is 0 Å². The van der Waals surface area contributed by atoms with Gasteiger partial charge < -0.3 is 5.32 Å². The second-order valence-corrected chi connectivity index (χ2v) is 6.86. The highest BCUT2D eigenvalue weighted by molar-refractivity contribution is 9.10. The second-order valence-electron chi connectivity index (χ2n) is 5.02. The van der Waals surface area contributed by atoms with Gasteiger partial charge in [0, 0.05) is 15.7 Å². The first-order chi connectivity index (χ1) is 11.8. The minimum absolute atomic E-state index is 0.0318. The topological polar surface area (TPSA) is 46.2 Å². The van der Waals surface area contributed by atoms with Crippen molar-refractivity contribution in [3.63, 3.8) is 0 Å². The van der Waals surface area contributed by atoms with Gasteiger partial charge in [0.15, 0.2) is 5.78 Å². The maximum Gasteiger partial charge on any atom is 0.417 e. The molecular formula is C17H13BrF3NO2S. The molecule has 2 aromatic rings. The van der Waals surface area contributed by atoms with E-state index in [9.17, 15) is 22.8 Å². The molecule has 8 heteroatoms. The summed E-state index contributed by atoms with van der Waals surface area (Å²) in [5.41, 5.74) is -0.258. The van der Waals surface area contributed by atoms with Gasteiger partial charge in [0.2, 0.25) is 5.91 Å². The van der Waals surface area contributed by atoms with E-state index in [0.29, 0.717) is 5.56 Å². The highest BCUT2D eigenvalue weighted by Crippen LogP contribution is 2.36. The molecule has 2 rings (SSSR count). The number of carbonyl (C=O) groups excluding carboxylic acids is 2. The summed E-state index contributed by atoms with van der Waals surface area (Å²) in [6.07, 6.45) is -4.52. The molecule has 25 heavy (non-hydrogen) atoms. The van der Waals surface area contributed by atoms with Crippen LogP contribution < -0.4 is 5.32 Å². The van der Waals surface area contributed by atoms with Crippen molar-refractivity contribution in [2.45, 2.75) is 6.18 Å². The summed E-state index contributed by atoms with van der Waals surface area (Å²) in [7, 11) is 0. The molecule has 0 bridgehead atoms.